The van der Waals surface area contributed by atoms with Crippen molar-refractivity contribution in [2.45, 2.75) is 44.1 Å². The van der Waals surface area contributed by atoms with Crippen LogP contribution in [0.3, 0.4) is 0 Å². The molecule has 0 fully saturated rings. The van der Waals surface area contributed by atoms with E-state index < -0.39 is 0 Å². The van der Waals surface area contributed by atoms with Crippen LogP contribution in [0, 0.1) is 5.41 Å². The summed E-state index contributed by atoms with van der Waals surface area (Å²) in [5.41, 5.74) is 6.28. The Morgan fingerprint density at radius 1 is 1.30 bits per heavy atom. The van der Waals surface area contributed by atoms with Gasteiger partial charge in [0.2, 0.25) is 0 Å². The third kappa shape index (κ3) is 5.47. The maximum absolute atomic E-state index is 5.88. The van der Waals surface area contributed by atoms with Crippen molar-refractivity contribution < 1.29 is 0 Å². The molecule has 0 amide bonds. The van der Waals surface area contributed by atoms with Crippen molar-refractivity contribution in [2.24, 2.45) is 11.1 Å². The monoisotopic (exact) mass is 255 g/mol. The number of rotatable bonds is 3. The first-order valence-corrected chi connectivity index (χ1v) is 4.82. The molecular formula is C8H18IN. The van der Waals surface area contributed by atoms with Gasteiger partial charge in [0.1, 0.15) is 0 Å². The Morgan fingerprint density at radius 2 is 1.70 bits per heavy atom. The van der Waals surface area contributed by atoms with Gasteiger partial charge in [0.05, 0.1) is 3.55 Å². The van der Waals surface area contributed by atoms with Crippen molar-refractivity contribution in [1.29, 1.82) is 0 Å². The lowest BCUT2D eigenvalue weighted by molar-refractivity contribution is 0.294. The Kier molecular flexibility index (Phi) is 3.62. The van der Waals surface area contributed by atoms with E-state index in [1.807, 2.05) is 0 Å². The first kappa shape index (κ1) is 10.7. The summed E-state index contributed by atoms with van der Waals surface area (Å²) in [6.45, 7) is 8.81. The van der Waals surface area contributed by atoms with Crippen LogP contribution in [0.5, 0.6) is 0 Å². The van der Waals surface area contributed by atoms with Gasteiger partial charge in [-0.05, 0) is 18.8 Å². The first-order chi connectivity index (χ1) is 4.27. The molecule has 1 atom stereocenters. The number of hydrogen-bond donors (Lipinski definition) is 1. The van der Waals surface area contributed by atoms with Crippen LogP contribution in [0.1, 0.15) is 40.5 Å². The van der Waals surface area contributed by atoms with Crippen molar-refractivity contribution in [1.82, 2.24) is 0 Å². The van der Waals surface area contributed by atoms with Gasteiger partial charge in [-0.25, -0.2) is 0 Å². The lowest BCUT2D eigenvalue weighted by atomic mass is 9.84. The summed E-state index contributed by atoms with van der Waals surface area (Å²) in [6, 6.07) is 0. The predicted molar refractivity (Wildman–Crippen MR) is 55.3 cm³/mol. The van der Waals surface area contributed by atoms with Crippen LogP contribution in [0.25, 0.3) is 0 Å². The molecule has 0 saturated heterocycles. The Bertz CT molecular complexity index is 102. The van der Waals surface area contributed by atoms with Gasteiger partial charge in [0.25, 0.3) is 0 Å². The third-order valence-electron chi connectivity index (χ3n) is 1.78. The van der Waals surface area contributed by atoms with Crippen molar-refractivity contribution in [3.05, 3.63) is 0 Å². The highest BCUT2D eigenvalue weighted by molar-refractivity contribution is 14.1. The molecule has 0 aliphatic rings. The molecule has 1 nitrogen and oxygen atoms in total. The lowest BCUT2D eigenvalue weighted by Crippen LogP contribution is -2.33. The van der Waals surface area contributed by atoms with Gasteiger partial charge in [0, 0.05) is 0 Å². The highest BCUT2D eigenvalue weighted by Gasteiger charge is 2.24. The van der Waals surface area contributed by atoms with Crippen LogP contribution in [0.15, 0.2) is 0 Å². The van der Waals surface area contributed by atoms with Crippen LogP contribution in [0.4, 0.5) is 0 Å². The highest BCUT2D eigenvalue weighted by Crippen LogP contribution is 2.32. The molecule has 0 spiro atoms. The van der Waals surface area contributed by atoms with Crippen molar-refractivity contribution >= 4 is 22.6 Å². The smallest absolute Gasteiger partial charge is 0.0657 e. The molecule has 2 heteroatoms. The highest BCUT2D eigenvalue weighted by atomic mass is 127. The quantitative estimate of drug-likeness (QED) is 0.468. The second-order valence-electron chi connectivity index (χ2n) is 3.97. The van der Waals surface area contributed by atoms with E-state index in [0.29, 0.717) is 5.41 Å². The van der Waals surface area contributed by atoms with Gasteiger partial charge < -0.3 is 5.73 Å². The maximum atomic E-state index is 5.88. The zero-order valence-corrected chi connectivity index (χ0v) is 9.53. The molecule has 0 saturated carbocycles. The van der Waals surface area contributed by atoms with Gasteiger partial charge in [-0.1, -0.05) is 49.8 Å². The molecule has 0 radical (unpaired) electrons. The first-order valence-electron chi connectivity index (χ1n) is 3.75. The van der Waals surface area contributed by atoms with E-state index in [9.17, 15) is 0 Å². The van der Waals surface area contributed by atoms with Crippen molar-refractivity contribution in [2.75, 3.05) is 0 Å². The average Bonchev–Trinajstić information content (AvgIpc) is 1.60. The van der Waals surface area contributed by atoms with E-state index in [-0.39, 0.29) is 3.55 Å². The fraction of sp³-hybridized carbons (Fsp3) is 1.00. The topological polar surface area (TPSA) is 26.0 Å². The number of hydrogen-bond acceptors (Lipinski definition) is 1. The summed E-state index contributed by atoms with van der Waals surface area (Å²) in [6.07, 6.45) is 2.28. The van der Waals surface area contributed by atoms with Crippen LogP contribution in [-0.4, -0.2) is 3.55 Å². The number of alkyl halides is 1. The second kappa shape index (κ2) is 3.39. The zero-order valence-electron chi connectivity index (χ0n) is 7.37. The van der Waals surface area contributed by atoms with Crippen LogP contribution < -0.4 is 5.73 Å². The van der Waals surface area contributed by atoms with E-state index in [1.165, 1.54) is 6.42 Å². The fourth-order valence-electron chi connectivity index (χ4n) is 1.06. The summed E-state index contributed by atoms with van der Waals surface area (Å²) >= 11 is 2.30. The van der Waals surface area contributed by atoms with Crippen LogP contribution >= 0.6 is 22.6 Å². The van der Waals surface area contributed by atoms with Gasteiger partial charge in [-0.15, -0.1) is 0 Å². The van der Waals surface area contributed by atoms with Gasteiger partial charge in [-0.3, -0.25) is 0 Å². The standard InChI is InChI=1S/C8H18IN/c1-5-7(2,3)6-8(4,9)10/h5-6,10H2,1-4H3/t8-/m1/s1. The molecule has 0 aromatic carbocycles. The summed E-state index contributed by atoms with van der Waals surface area (Å²) < 4.78 is -0.0444. The third-order valence-corrected chi connectivity index (χ3v) is 2.16. The number of nitrogens with two attached hydrogens (primary N) is 1. The molecule has 0 aliphatic carbocycles. The normalized spacial score (nSPS) is 18.6. The second-order valence-corrected chi connectivity index (χ2v) is 6.44. The number of halogens is 1. The summed E-state index contributed by atoms with van der Waals surface area (Å²) in [5, 5.41) is 0. The molecular weight excluding hydrogens is 237 g/mol. The van der Waals surface area contributed by atoms with E-state index >= 15 is 0 Å². The molecule has 0 bridgehead atoms. The molecule has 0 unspecified atom stereocenters. The molecule has 2 N–H and O–H groups in total. The Hall–Kier alpha value is 0.690. The van der Waals surface area contributed by atoms with Gasteiger partial charge in [-0.2, -0.15) is 0 Å². The lowest BCUT2D eigenvalue weighted by Gasteiger charge is -2.29. The van der Waals surface area contributed by atoms with Crippen LogP contribution in [0.2, 0.25) is 0 Å². The molecule has 0 rings (SSSR count). The maximum Gasteiger partial charge on any atom is 0.0657 e. The molecule has 62 valence electrons. The van der Waals surface area contributed by atoms with Crippen molar-refractivity contribution in [3.63, 3.8) is 0 Å². The minimum Gasteiger partial charge on any atom is -0.317 e. The van der Waals surface area contributed by atoms with Gasteiger partial charge >= 0.3 is 0 Å². The summed E-state index contributed by atoms with van der Waals surface area (Å²) in [5.74, 6) is 0. The van der Waals surface area contributed by atoms with Crippen LogP contribution in [-0.2, 0) is 0 Å². The molecule has 0 aliphatic heterocycles. The van der Waals surface area contributed by atoms with Gasteiger partial charge in [0.15, 0.2) is 0 Å². The molecule has 0 aromatic heterocycles. The molecule has 0 aromatic rings. The van der Waals surface area contributed by atoms with E-state index in [0.717, 1.165) is 6.42 Å². The Labute approximate surface area is 77.9 Å². The van der Waals surface area contributed by atoms with E-state index in [2.05, 4.69) is 50.3 Å². The fourth-order valence-corrected chi connectivity index (χ4v) is 2.09. The molecule has 10 heavy (non-hydrogen) atoms. The van der Waals surface area contributed by atoms with E-state index in [1.54, 1.807) is 0 Å². The summed E-state index contributed by atoms with van der Waals surface area (Å²) in [7, 11) is 0. The molecule has 0 heterocycles. The average molecular weight is 255 g/mol. The van der Waals surface area contributed by atoms with Crippen molar-refractivity contribution in [3.8, 4) is 0 Å². The Morgan fingerprint density at radius 3 is 1.80 bits per heavy atom. The SMILES string of the molecule is CCC(C)(C)C[C@@](C)(N)I. The Balaban J connectivity index is 3.89. The van der Waals surface area contributed by atoms with E-state index in [4.69, 9.17) is 5.73 Å². The predicted octanol–water partition coefficient (Wildman–Crippen LogP) is 2.92. The zero-order chi connectivity index (χ0) is 8.41. The minimum absolute atomic E-state index is 0.0444. The largest absolute Gasteiger partial charge is 0.317 e. The minimum atomic E-state index is -0.0444. The summed E-state index contributed by atoms with van der Waals surface area (Å²) in [4.78, 5) is 0.